The second kappa shape index (κ2) is 10.4. The number of aromatic nitrogens is 3. The van der Waals surface area contributed by atoms with Gasteiger partial charge in [-0.25, -0.2) is 0 Å². The average molecular weight is 465 g/mol. The van der Waals surface area contributed by atoms with Crippen LogP contribution in [0.3, 0.4) is 0 Å². The van der Waals surface area contributed by atoms with E-state index in [2.05, 4.69) is 26.1 Å². The van der Waals surface area contributed by atoms with Gasteiger partial charge >= 0.3 is 0 Å². The first kappa shape index (κ1) is 23.4. The van der Waals surface area contributed by atoms with Gasteiger partial charge in [-0.15, -0.1) is 10.2 Å². The molecule has 0 spiro atoms. The molecule has 33 heavy (non-hydrogen) atoms. The maximum Gasteiger partial charge on any atom is 0.237 e. The molecule has 0 radical (unpaired) electrons. The Morgan fingerprint density at radius 1 is 1.09 bits per heavy atom. The molecule has 1 amide bonds. The van der Waals surface area contributed by atoms with Crippen LogP contribution in [-0.2, 0) is 4.79 Å². The van der Waals surface area contributed by atoms with Crippen LogP contribution in [0.15, 0.2) is 47.6 Å². The highest BCUT2D eigenvalue weighted by Crippen LogP contribution is 2.37. The first-order chi connectivity index (χ1) is 16.0. The Labute approximate surface area is 200 Å². The summed E-state index contributed by atoms with van der Waals surface area (Å²) < 4.78 is 7.57. The van der Waals surface area contributed by atoms with Crippen molar-refractivity contribution in [2.75, 3.05) is 12.4 Å². The number of benzene rings is 2. The molecule has 1 aliphatic carbocycles. The van der Waals surface area contributed by atoms with Crippen LogP contribution in [0.25, 0.3) is 11.4 Å². The summed E-state index contributed by atoms with van der Waals surface area (Å²) in [5, 5.41) is 12.7. The van der Waals surface area contributed by atoms with Crippen LogP contribution in [0, 0.1) is 13.8 Å². The average Bonchev–Trinajstić information content (AvgIpc) is 3.25. The van der Waals surface area contributed by atoms with E-state index in [-0.39, 0.29) is 11.2 Å². The van der Waals surface area contributed by atoms with Gasteiger partial charge in [-0.05, 0) is 75.1 Å². The Morgan fingerprint density at radius 3 is 2.52 bits per heavy atom. The van der Waals surface area contributed by atoms with Gasteiger partial charge in [-0.3, -0.25) is 9.36 Å². The normalized spacial score (nSPS) is 15.3. The van der Waals surface area contributed by atoms with Gasteiger partial charge in [0.1, 0.15) is 5.75 Å². The van der Waals surface area contributed by atoms with Crippen molar-refractivity contribution in [3.8, 4) is 17.1 Å². The Bertz CT molecular complexity index is 1100. The van der Waals surface area contributed by atoms with Crippen molar-refractivity contribution >= 4 is 23.4 Å². The Hall–Kier alpha value is -2.80. The Balaban J connectivity index is 1.59. The van der Waals surface area contributed by atoms with Crippen LogP contribution in [0.5, 0.6) is 5.75 Å². The number of ether oxygens (including phenoxy) is 1. The van der Waals surface area contributed by atoms with E-state index in [4.69, 9.17) is 4.74 Å². The Kier molecular flexibility index (Phi) is 7.38. The number of anilines is 1. The summed E-state index contributed by atoms with van der Waals surface area (Å²) >= 11 is 1.48. The second-order valence-corrected chi connectivity index (χ2v) is 10.1. The van der Waals surface area contributed by atoms with Crippen LogP contribution < -0.4 is 10.1 Å². The number of amides is 1. The molecule has 1 aromatic heterocycles. The van der Waals surface area contributed by atoms with E-state index in [0.717, 1.165) is 51.9 Å². The molecule has 2 aromatic carbocycles. The lowest BCUT2D eigenvalue weighted by Gasteiger charge is -2.26. The van der Waals surface area contributed by atoms with Gasteiger partial charge in [-0.1, -0.05) is 43.2 Å². The summed E-state index contributed by atoms with van der Waals surface area (Å²) in [6, 6.07) is 14.4. The van der Waals surface area contributed by atoms with Gasteiger partial charge in [0.25, 0.3) is 0 Å². The molecule has 0 saturated heterocycles. The van der Waals surface area contributed by atoms with E-state index in [0.29, 0.717) is 6.04 Å². The minimum absolute atomic E-state index is 0.0297. The van der Waals surface area contributed by atoms with Crippen LogP contribution in [0.1, 0.15) is 56.2 Å². The standard InChI is InChI=1S/C26H32N4O2S/c1-17-10-11-18(2)23(16-17)27-25(31)19(3)33-26-29-28-24(20-12-14-22(32-4)15-13-20)30(26)21-8-6-5-7-9-21/h10-16,19,21H,5-9H2,1-4H3,(H,27,31). The molecule has 1 unspecified atom stereocenters. The number of carbonyl (C=O) groups is 1. The predicted molar refractivity (Wildman–Crippen MR) is 134 cm³/mol. The topological polar surface area (TPSA) is 69.0 Å². The first-order valence-corrected chi connectivity index (χ1v) is 12.5. The van der Waals surface area contributed by atoms with Crippen LogP contribution in [-0.4, -0.2) is 33.0 Å². The third-order valence-corrected chi connectivity index (χ3v) is 7.31. The van der Waals surface area contributed by atoms with E-state index in [1.54, 1.807) is 7.11 Å². The van der Waals surface area contributed by atoms with Crippen molar-refractivity contribution in [3.63, 3.8) is 0 Å². The fourth-order valence-electron chi connectivity index (χ4n) is 4.28. The Morgan fingerprint density at radius 2 is 1.82 bits per heavy atom. The minimum Gasteiger partial charge on any atom is -0.497 e. The van der Waals surface area contributed by atoms with E-state index in [9.17, 15) is 4.79 Å². The highest BCUT2D eigenvalue weighted by atomic mass is 32.2. The van der Waals surface area contributed by atoms with Crippen LogP contribution >= 0.6 is 11.8 Å². The van der Waals surface area contributed by atoms with Crippen molar-refractivity contribution in [1.29, 1.82) is 0 Å². The van der Waals surface area contributed by atoms with E-state index in [1.807, 2.05) is 57.2 Å². The van der Waals surface area contributed by atoms with E-state index >= 15 is 0 Å². The summed E-state index contributed by atoms with van der Waals surface area (Å²) in [7, 11) is 1.67. The third-order valence-electron chi connectivity index (χ3n) is 6.25. The molecule has 1 atom stereocenters. The molecule has 0 bridgehead atoms. The lowest BCUT2D eigenvalue weighted by Crippen LogP contribution is -2.24. The molecular weight excluding hydrogens is 432 g/mol. The largest absolute Gasteiger partial charge is 0.497 e. The number of methoxy groups -OCH3 is 1. The molecule has 1 saturated carbocycles. The van der Waals surface area contributed by atoms with Crippen molar-refractivity contribution in [2.45, 2.75) is 69.3 Å². The van der Waals surface area contributed by atoms with Crippen LogP contribution in [0.2, 0.25) is 0 Å². The number of hydrogen-bond donors (Lipinski definition) is 1. The number of nitrogens with zero attached hydrogens (tertiary/aromatic N) is 3. The molecule has 1 aliphatic rings. The molecule has 6 nitrogen and oxygen atoms in total. The minimum atomic E-state index is -0.305. The molecule has 174 valence electrons. The summed E-state index contributed by atoms with van der Waals surface area (Å²) in [4.78, 5) is 13.0. The SMILES string of the molecule is COc1ccc(-c2nnc(SC(C)C(=O)Nc3cc(C)ccc3C)n2C2CCCCC2)cc1. The summed E-state index contributed by atoms with van der Waals surface area (Å²) in [5.74, 6) is 1.64. The summed E-state index contributed by atoms with van der Waals surface area (Å²) in [6.07, 6.45) is 5.90. The number of nitrogens with one attached hydrogen (secondary N) is 1. The lowest BCUT2D eigenvalue weighted by molar-refractivity contribution is -0.115. The van der Waals surface area contributed by atoms with E-state index < -0.39 is 0 Å². The van der Waals surface area contributed by atoms with Crippen molar-refractivity contribution in [3.05, 3.63) is 53.6 Å². The zero-order chi connectivity index (χ0) is 23.4. The van der Waals surface area contributed by atoms with E-state index in [1.165, 1.54) is 31.0 Å². The van der Waals surface area contributed by atoms with Gasteiger partial charge in [0.15, 0.2) is 11.0 Å². The molecule has 7 heteroatoms. The number of hydrogen-bond acceptors (Lipinski definition) is 5. The van der Waals surface area contributed by atoms with Gasteiger partial charge in [0.2, 0.25) is 5.91 Å². The predicted octanol–water partition coefficient (Wildman–Crippen LogP) is 6.20. The molecule has 1 fully saturated rings. The van der Waals surface area contributed by atoms with Crippen LogP contribution in [0.4, 0.5) is 5.69 Å². The number of thioether (sulfide) groups is 1. The summed E-state index contributed by atoms with van der Waals surface area (Å²) in [6.45, 7) is 5.96. The number of carbonyl (C=O) groups excluding carboxylic acids is 1. The van der Waals surface area contributed by atoms with Gasteiger partial charge in [-0.2, -0.15) is 0 Å². The third kappa shape index (κ3) is 5.41. The maximum absolute atomic E-state index is 13.0. The summed E-state index contributed by atoms with van der Waals surface area (Å²) in [5.41, 5.74) is 4.05. The van der Waals surface area contributed by atoms with Gasteiger partial charge in [0.05, 0.1) is 12.4 Å². The fraction of sp³-hybridized carbons (Fsp3) is 0.423. The second-order valence-electron chi connectivity index (χ2n) is 8.76. The zero-order valence-corrected chi connectivity index (χ0v) is 20.6. The smallest absolute Gasteiger partial charge is 0.237 e. The highest BCUT2D eigenvalue weighted by Gasteiger charge is 2.26. The first-order valence-electron chi connectivity index (χ1n) is 11.6. The fourth-order valence-corrected chi connectivity index (χ4v) is 5.20. The molecule has 3 aromatic rings. The monoisotopic (exact) mass is 464 g/mol. The molecule has 4 rings (SSSR count). The maximum atomic E-state index is 13.0. The van der Waals surface area contributed by atoms with Gasteiger partial charge < -0.3 is 10.1 Å². The molecule has 1 heterocycles. The lowest BCUT2D eigenvalue weighted by atomic mass is 9.95. The number of rotatable bonds is 7. The molecular formula is C26H32N4O2S. The van der Waals surface area contributed by atoms with Crippen molar-refractivity contribution in [1.82, 2.24) is 14.8 Å². The molecule has 0 aliphatic heterocycles. The highest BCUT2D eigenvalue weighted by molar-refractivity contribution is 8.00. The van der Waals surface area contributed by atoms with Crippen molar-refractivity contribution < 1.29 is 9.53 Å². The van der Waals surface area contributed by atoms with Gasteiger partial charge in [0, 0.05) is 17.3 Å². The quantitative estimate of drug-likeness (QED) is 0.422. The van der Waals surface area contributed by atoms with Crippen molar-refractivity contribution in [2.24, 2.45) is 0 Å². The zero-order valence-electron chi connectivity index (χ0n) is 19.8. The number of aryl methyl sites for hydroxylation is 2. The molecule has 1 N–H and O–H groups in total.